The third-order valence-corrected chi connectivity index (χ3v) is 2.90. The van der Waals surface area contributed by atoms with Gasteiger partial charge in [-0.1, -0.05) is 0 Å². The molecule has 7 heteroatoms. The van der Waals surface area contributed by atoms with Crippen molar-refractivity contribution < 1.29 is 9.18 Å². The number of hydrogen-bond acceptors (Lipinski definition) is 4. The molecular weight excluding hydrogens is 265 g/mol. The summed E-state index contributed by atoms with van der Waals surface area (Å²) in [5.74, 6) is -0.616. The second-order valence-electron chi connectivity index (χ2n) is 3.11. The van der Waals surface area contributed by atoms with Crippen molar-refractivity contribution in [3.8, 4) is 10.6 Å². The number of hydrogen-bond donors (Lipinski definition) is 1. The molecule has 17 heavy (non-hydrogen) atoms. The van der Waals surface area contributed by atoms with Gasteiger partial charge < -0.3 is 0 Å². The number of nitrogens with zero attached hydrogens (tertiary/aromatic N) is 2. The molecule has 0 fully saturated rings. The van der Waals surface area contributed by atoms with Crippen LogP contribution in [0.15, 0.2) is 24.3 Å². The fraction of sp³-hybridized carbons (Fsp3) is 0.100. The van der Waals surface area contributed by atoms with Crippen LogP contribution in [0, 0.1) is 5.82 Å². The minimum Gasteiger partial charge on any atom is -0.293 e. The fourth-order valence-electron chi connectivity index (χ4n) is 1.14. The Kier molecular flexibility index (Phi) is 3.65. The van der Waals surface area contributed by atoms with Gasteiger partial charge in [-0.05, 0) is 35.8 Å². The van der Waals surface area contributed by atoms with Gasteiger partial charge in [0.2, 0.25) is 11.9 Å². The first-order chi connectivity index (χ1) is 8.19. The van der Waals surface area contributed by atoms with Crippen molar-refractivity contribution in [1.82, 2.24) is 9.36 Å². The van der Waals surface area contributed by atoms with Crippen LogP contribution in [0.1, 0.15) is 0 Å². The molecule has 0 aliphatic carbocycles. The normalized spacial score (nSPS) is 10.2. The summed E-state index contributed by atoms with van der Waals surface area (Å²) in [4.78, 5) is 15.1. The summed E-state index contributed by atoms with van der Waals surface area (Å²) in [5.41, 5.74) is 0.746. The van der Waals surface area contributed by atoms with Crippen LogP contribution in [0.5, 0.6) is 0 Å². The van der Waals surface area contributed by atoms with E-state index in [9.17, 15) is 9.18 Å². The topological polar surface area (TPSA) is 54.9 Å². The van der Waals surface area contributed by atoms with E-state index < -0.39 is 0 Å². The summed E-state index contributed by atoms with van der Waals surface area (Å²) in [6.45, 7) is 0. The minimum absolute atomic E-state index is 0.148. The molecule has 0 aliphatic rings. The van der Waals surface area contributed by atoms with Crippen molar-refractivity contribution in [2.45, 2.75) is 0 Å². The Morgan fingerprint density at radius 2 is 2.12 bits per heavy atom. The molecule has 0 spiro atoms. The molecule has 0 unspecified atom stereocenters. The smallest absolute Gasteiger partial charge is 0.241 e. The first-order valence-electron chi connectivity index (χ1n) is 4.64. The molecule has 0 saturated heterocycles. The summed E-state index contributed by atoms with van der Waals surface area (Å²) < 4.78 is 16.7. The van der Waals surface area contributed by atoms with Gasteiger partial charge in [0.1, 0.15) is 16.7 Å². The van der Waals surface area contributed by atoms with Gasteiger partial charge in [0, 0.05) is 5.56 Å². The maximum absolute atomic E-state index is 12.7. The Morgan fingerprint density at radius 1 is 1.41 bits per heavy atom. The Labute approximate surface area is 106 Å². The zero-order chi connectivity index (χ0) is 12.3. The van der Waals surface area contributed by atoms with Crippen LogP contribution in [-0.4, -0.2) is 21.1 Å². The van der Waals surface area contributed by atoms with Crippen LogP contribution < -0.4 is 5.32 Å². The van der Waals surface area contributed by atoms with Crippen molar-refractivity contribution in [2.24, 2.45) is 0 Å². The highest BCUT2D eigenvalue weighted by atomic mass is 35.5. The van der Waals surface area contributed by atoms with Gasteiger partial charge in [-0.3, -0.25) is 10.1 Å². The number of benzene rings is 1. The highest BCUT2D eigenvalue weighted by Gasteiger charge is 2.08. The zero-order valence-electron chi connectivity index (χ0n) is 8.48. The lowest BCUT2D eigenvalue weighted by Gasteiger charge is -1.95. The molecule has 0 bridgehead atoms. The lowest BCUT2D eigenvalue weighted by atomic mass is 10.2. The van der Waals surface area contributed by atoms with E-state index in [-0.39, 0.29) is 23.6 Å². The van der Waals surface area contributed by atoms with Gasteiger partial charge >= 0.3 is 0 Å². The van der Waals surface area contributed by atoms with Gasteiger partial charge in [0.15, 0.2) is 0 Å². The molecule has 1 aromatic carbocycles. The van der Waals surface area contributed by atoms with E-state index >= 15 is 0 Å². The Bertz CT molecular complexity index is 529. The lowest BCUT2D eigenvalue weighted by molar-refractivity contribution is -0.114. The monoisotopic (exact) mass is 271 g/mol. The SMILES string of the molecule is O=C(CCl)Nc1nsc(-c2ccc(F)cc2)n1. The minimum atomic E-state index is -0.366. The summed E-state index contributed by atoms with van der Waals surface area (Å²) in [6.07, 6.45) is 0. The number of alkyl halides is 1. The molecule has 1 heterocycles. The second-order valence-corrected chi connectivity index (χ2v) is 4.13. The quantitative estimate of drug-likeness (QED) is 0.873. The number of carbonyl (C=O) groups is 1. The number of nitrogens with one attached hydrogen (secondary N) is 1. The Balaban J connectivity index is 2.18. The average molecular weight is 272 g/mol. The molecule has 2 aromatic rings. The molecule has 1 amide bonds. The van der Waals surface area contributed by atoms with E-state index in [2.05, 4.69) is 14.7 Å². The molecule has 0 radical (unpaired) electrons. The molecule has 0 atom stereocenters. The van der Waals surface area contributed by atoms with Crippen molar-refractivity contribution >= 4 is 35.0 Å². The van der Waals surface area contributed by atoms with E-state index in [0.29, 0.717) is 5.01 Å². The van der Waals surface area contributed by atoms with Crippen molar-refractivity contribution in [3.05, 3.63) is 30.1 Å². The van der Waals surface area contributed by atoms with Crippen molar-refractivity contribution in [2.75, 3.05) is 11.2 Å². The van der Waals surface area contributed by atoms with E-state index in [1.54, 1.807) is 12.1 Å². The number of anilines is 1. The average Bonchev–Trinajstić information content (AvgIpc) is 2.78. The van der Waals surface area contributed by atoms with Gasteiger partial charge in [0.05, 0.1) is 0 Å². The van der Waals surface area contributed by atoms with Gasteiger partial charge in [-0.15, -0.1) is 11.6 Å². The summed E-state index contributed by atoms with van der Waals surface area (Å²) in [6, 6.07) is 5.88. The number of carbonyl (C=O) groups excluding carboxylic acids is 1. The molecule has 1 aromatic heterocycles. The molecule has 88 valence electrons. The van der Waals surface area contributed by atoms with Gasteiger partial charge in [0.25, 0.3) is 0 Å². The maximum atomic E-state index is 12.7. The number of rotatable bonds is 3. The largest absolute Gasteiger partial charge is 0.293 e. The summed E-state index contributed by atoms with van der Waals surface area (Å²) in [5, 5.41) is 3.04. The molecule has 4 nitrogen and oxygen atoms in total. The summed E-state index contributed by atoms with van der Waals surface area (Å²) >= 11 is 6.46. The van der Waals surface area contributed by atoms with Crippen LogP contribution in [0.25, 0.3) is 10.6 Å². The fourth-order valence-corrected chi connectivity index (χ4v) is 1.84. The number of aromatic nitrogens is 2. The first-order valence-corrected chi connectivity index (χ1v) is 5.95. The van der Waals surface area contributed by atoms with Crippen molar-refractivity contribution in [1.29, 1.82) is 0 Å². The van der Waals surface area contributed by atoms with Crippen molar-refractivity contribution in [3.63, 3.8) is 0 Å². The Hall–Kier alpha value is -1.53. The zero-order valence-corrected chi connectivity index (χ0v) is 10.1. The standard InChI is InChI=1S/C10H7ClFN3OS/c11-5-8(16)13-10-14-9(17-15-10)6-1-3-7(12)4-2-6/h1-4H,5H2,(H,13,15,16). The predicted molar refractivity (Wildman–Crippen MR) is 64.7 cm³/mol. The molecule has 2 rings (SSSR count). The van der Waals surface area contributed by atoms with E-state index in [4.69, 9.17) is 11.6 Å². The van der Waals surface area contributed by atoms with Crippen LogP contribution in [0.3, 0.4) is 0 Å². The van der Waals surface area contributed by atoms with Crippen LogP contribution in [-0.2, 0) is 4.79 Å². The van der Waals surface area contributed by atoms with E-state index in [1.807, 2.05) is 0 Å². The predicted octanol–water partition coefficient (Wildman–Crippen LogP) is 2.52. The van der Waals surface area contributed by atoms with Crippen LogP contribution in [0.2, 0.25) is 0 Å². The third kappa shape index (κ3) is 2.98. The van der Waals surface area contributed by atoms with Crippen LogP contribution >= 0.6 is 23.1 Å². The first kappa shape index (κ1) is 11.9. The third-order valence-electron chi connectivity index (χ3n) is 1.89. The maximum Gasteiger partial charge on any atom is 0.241 e. The Morgan fingerprint density at radius 3 is 2.76 bits per heavy atom. The van der Waals surface area contributed by atoms with Crippen LogP contribution in [0.4, 0.5) is 10.3 Å². The summed E-state index contributed by atoms with van der Waals surface area (Å²) in [7, 11) is 0. The number of halogens is 2. The molecule has 0 aliphatic heterocycles. The highest BCUT2D eigenvalue weighted by Crippen LogP contribution is 2.23. The van der Waals surface area contributed by atoms with E-state index in [0.717, 1.165) is 17.1 Å². The second kappa shape index (κ2) is 5.20. The molecule has 1 N–H and O–H groups in total. The molecule has 0 saturated carbocycles. The molecular formula is C10H7ClFN3OS. The van der Waals surface area contributed by atoms with Gasteiger partial charge in [-0.2, -0.15) is 9.36 Å². The lowest BCUT2D eigenvalue weighted by Crippen LogP contribution is -2.13. The van der Waals surface area contributed by atoms with Gasteiger partial charge in [-0.25, -0.2) is 4.39 Å². The van der Waals surface area contributed by atoms with E-state index in [1.165, 1.54) is 12.1 Å². The highest BCUT2D eigenvalue weighted by molar-refractivity contribution is 7.09. The number of amides is 1.